The molecule has 1 aromatic carbocycles. The van der Waals surface area contributed by atoms with Crippen LogP contribution in [0.15, 0.2) is 18.2 Å². The molecule has 0 bridgehead atoms. The van der Waals surface area contributed by atoms with Gasteiger partial charge in [0, 0.05) is 0 Å². The first-order chi connectivity index (χ1) is 17.0. The molecule has 0 aliphatic carbocycles. The number of alkyl halides is 17. The number of methoxy groups -OCH3 is 1. The van der Waals surface area contributed by atoms with E-state index in [2.05, 4.69) is 4.74 Å². The fourth-order valence-electron chi connectivity index (χ4n) is 2.40. The Kier molecular flexibility index (Phi) is 8.14. The predicted molar refractivity (Wildman–Crippen MR) is 89.0 cm³/mol. The van der Waals surface area contributed by atoms with Crippen molar-refractivity contribution in [3.63, 3.8) is 0 Å². The Morgan fingerprint density at radius 2 is 1.10 bits per heavy atom. The Balaban J connectivity index is 3.64. The fourth-order valence-corrected chi connectivity index (χ4v) is 2.40. The number of ether oxygens (including phenoxy) is 1. The topological polar surface area (TPSA) is 81.5 Å². The molecule has 0 aliphatic rings. The van der Waals surface area contributed by atoms with Gasteiger partial charge >= 0.3 is 53.5 Å². The van der Waals surface area contributed by atoms with Crippen LogP contribution in [0.1, 0.15) is 0 Å². The predicted octanol–water partition coefficient (Wildman–Crippen LogP) is 6.55. The first-order valence-corrected chi connectivity index (χ1v) is 8.86. The molecule has 6 nitrogen and oxygen atoms in total. The molecule has 1 N–H and O–H groups in total. The zero-order valence-electron chi connectivity index (χ0n) is 17.7. The minimum atomic E-state index is -8.86. The summed E-state index contributed by atoms with van der Waals surface area (Å²) in [5, 5.41) is 11.4. The molecule has 0 unspecified atom stereocenters. The number of nitrogens with one attached hydrogen (secondary N) is 1. The number of benzene rings is 1. The van der Waals surface area contributed by atoms with Crippen molar-refractivity contribution in [2.75, 3.05) is 12.4 Å². The molecule has 1 amide bonds. The summed E-state index contributed by atoms with van der Waals surface area (Å²) in [5.41, 5.74) is -3.09. The number of hydrogen-bond donors (Lipinski definition) is 1. The second-order valence-corrected chi connectivity index (χ2v) is 7.11. The third-order valence-electron chi connectivity index (χ3n) is 4.66. The molecule has 0 saturated carbocycles. The second kappa shape index (κ2) is 9.41. The summed E-state index contributed by atoms with van der Waals surface area (Å²) in [7, 11) is 0.859. The lowest BCUT2D eigenvalue weighted by Crippen LogP contribution is -2.75. The molecular formula is C16H7F17N2O4. The Labute approximate surface area is 201 Å². The molecule has 0 fully saturated rings. The van der Waals surface area contributed by atoms with Crippen molar-refractivity contribution in [3.05, 3.63) is 28.3 Å². The lowest BCUT2D eigenvalue weighted by Gasteiger charge is -2.42. The number of nitrogens with zero attached hydrogens (tertiary/aromatic N) is 1. The highest BCUT2D eigenvalue weighted by Gasteiger charge is 2.95. The van der Waals surface area contributed by atoms with E-state index in [1.807, 2.05) is 0 Å². The minimum Gasteiger partial charge on any atom is -0.496 e. The van der Waals surface area contributed by atoms with Crippen molar-refractivity contribution in [2.24, 2.45) is 0 Å². The van der Waals surface area contributed by atoms with Gasteiger partial charge in [-0.2, -0.15) is 74.6 Å². The maximum absolute atomic E-state index is 14.0. The van der Waals surface area contributed by atoms with E-state index >= 15 is 0 Å². The molecule has 23 heteroatoms. The van der Waals surface area contributed by atoms with Crippen molar-refractivity contribution in [2.45, 2.75) is 47.6 Å². The van der Waals surface area contributed by atoms with E-state index in [-0.39, 0.29) is 12.1 Å². The maximum atomic E-state index is 14.0. The van der Waals surface area contributed by atoms with Crippen LogP contribution >= 0.6 is 0 Å². The van der Waals surface area contributed by atoms with Crippen molar-refractivity contribution >= 4 is 17.3 Å². The van der Waals surface area contributed by atoms with Gasteiger partial charge in [0.15, 0.2) is 0 Å². The van der Waals surface area contributed by atoms with E-state index < -0.39 is 75.6 Å². The standard InChI is InChI=1S/C16H7F17N2O4/c1-39-5-2-3-6(7(4-5)35(37)38)34-8(36)9(17,18)10(19,20)11(21,22)12(23,24)13(25,26)14(27,28)15(29,30)16(31,32)33/h2-4H,1H3,(H,34,36). The van der Waals surface area contributed by atoms with Gasteiger partial charge in [0.05, 0.1) is 18.1 Å². The SMILES string of the molecule is COc1ccc(NC(=O)C(F)(F)C(F)(F)C(F)(F)C(F)(F)C(F)(F)C(F)(F)C(F)(F)C(F)(F)F)c([N+](=O)[O-])c1. The zero-order chi connectivity index (χ0) is 31.4. The molecule has 39 heavy (non-hydrogen) atoms. The smallest absolute Gasteiger partial charge is 0.460 e. The summed E-state index contributed by atoms with van der Waals surface area (Å²) in [5.74, 6) is -63.5. The molecule has 0 saturated heterocycles. The number of nitro groups is 1. The Bertz CT molecular complexity index is 1120. The summed E-state index contributed by atoms with van der Waals surface area (Å²) < 4.78 is 230. The van der Waals surface area contributed by atoms with Crippen LogP contribution in [0.3, 0.4) is 0 Å². The average molecular weight is 614 g/mol. The number of carbonyl (C=O) groups excluding carboxylic acids is 1. The number of rotatable bonds is 10. The van der Waals surface area contributed by atoms with Crippen LogP contribution in [0.25, 0.3) is 0 Å². The van der Waals surface area contributed by atoms with Crippen LogP contribution < -0.4 is 10.1 Å². The van der Waals surface area contributed by atoms with Crippen LogP contribution in [-0.4, -0.2) is 65.6 Å². The van der Waals surface area contributed by atoms with Gasteiger partial charge < -0.3 is 10.1 Å². The van der Waals surface area contributed by atoms with Gasteiger partial charge in [0.2, 0.25) is 0 Å². The number of anilines is 1. The molecule has 0 heterocycles. The number of halogens is 17. The lowest BCUT2D eigenvalue weighted by molar-refractivity contribution is -0.459. The third-order valence-corrected chi connectivity index (χ3v) is 4.66. The molecule has 0 radical (unpaired) electrons. The highest BCUT2D eigenvalue weighted by molar-refractivity contribution is 5.98. The molecule has 0 atom stereocenters. The fraction of sp³-hybridized carbons (Fsp3) is 0.562. The van der Waals surface area contributed by atoms with Gasteiger partial charge in [-0.25, -0.2) is 0 Å². The number of amides is 1. The van der Waals surface area contributed by atoms with Crippen LogP contribution in [-0.2, 0) is 4.79 Å². The van der Waals surface area contributed by atoms with Crippen LogP contribution in [0.5, 0.6) is 5.75 Å². The number of hydrogen-bond acceptors (Lipinski definition) is 4. The van der Waals surface area contributed by atoms with E-state index in [9.17, 15) is 89.5 Å². The van der Waals surface area contributed by atoms with E-state index in [0.29, 0.717) is 11.4 Å². The molecule has 0 aromatic heterocycles. The van der Waals surface area contributed by atoms with Crippen molar-refractivity contribution in [1.29, 1.82) is 0 Å². The zero-order valence-corrected chi connectivity index (χ0v) is 17.7. The van der Waals surface area contributed by atoms with Gasteiger partial charge in [0.1, 0.15) is 11.4 Å². The van der Waals surface area contributed by atoms with Crippen molar-refractivity contribution in [1.82, 2.24) is 0 Å². The van der Waals surface area contributed by atoms with E-state index in [0.717, 1.165) is 7.11 Å². The Morgan fingerprint density at radius 3 is 1.46 bits per heavy atom. The Hall–Kier alpha value is -3.30. The summed E-state index contributed by atoms with van der Waals surface area (Å²) in [6.07, 6.45) is -7.90. The van der Waals surface area contributed by atoms with Crippen molar-refractivity contribution < 1.29 is 89.1 Å². The maximum Gasteiger partial charge on any atom is 0.460 e. The first-order valence-electron chi connectivity index (χ1n) is 8.86. The molecule has 1 aromatic rings. The highest BCUT2D eigenvalue weighted by atomic mass is 19.4. The molecule has 0 spiro atoms. The van der Waals surface area contributed by atoms with E-state index in [1.165, 1.54) is 0 Å². The van der Waals surface area contributed by atoms with Gasteiger partial charge in [-0.1, -0.05) is 0 Å². The third kappa shape index (κ3) is 4.72. The molecule has 224 valence electrons. The quantitative estimate of drug-likeness (QED) is 0.184. The van der Waals surface area contributed by atoms with Gasteiger partial charge in [0.25, 0.3) is 5.69 Å². The van der Waals surface area contributed by atoms with Crippen LogP contribution in [0.4, 0.5) is 86.0 Å². The van der Waals surface area contributed by atoms with Gasteiger partial charge in [-0.05, 0) is 12.1 Å². The lowest BCUT2D eigenvalue weighted by atomic mass is 9.88. The number of nitro benzene ring substituents is 1. The highest BCUT2D eigenvalue weighted by Crippen LogP contribution is 2.64. The van der Waals surface area contributed by atoms with Crippen LogP contribution in [0, 0.1) is 10.1 Å². The first kappa shape index (κ1) is 33.7. The largest absolute Gasteiger partial charge is 0.496 e. The van der Waals surface area contributed by atoms with Crippen LogP contribution in [0.2, 0.25) is 0 Å². The second-order valence-electron chi connectivity index (χ2n) is 7.11. The molecule has 1 rings (SSSR count). The summed E-state index contributed by atoms with van der Waals surface area (Å²) in [4.78, 5) is 20.9. The summed E-state index contributed by atoms with van der Waals surface area (Å²) in [6.45, 7) is 0. The summed E-state index contributed by atoms with van der Waals surface area (Å²) in [6, 6.07) is 1.08. The molecular weight excluding hydrogens is 607 g/mol. The monoisotopic (exact) mass is 614 g/mol. The normalized spacial score (nSPS) is 14.7. The summed E-state index contributed by atoms with van der Waals surface area (Å²) >= 11 is 0. The molecule has 0 aliphatic heterocycles. The van der Waals surface area contributed by atoms with E-state index in [1.54, 1.807) is 0 Å². The van der Waals surface area contributed by atoms with Gasteiger partial charge in [-0.3, -0.25) is 14.9 Å². The number of carbonyl (C=O) groups is 1. The van der Waals surface area contributed by atoms with E-state index in [4.69, 9.17) is 0 Å². The minimum absolute atomic E-state index is 0.212. The van der Waals surface area contributed by atoms with Crippen molar-refractivity contribution in [3.8, 4) is 5.75 Å². The van der Waals surface area contributed by atoms with Gasteiger partial charge in [-0.15, -0.1) is 0 Å². The Morgan fingerprint density at radius 1 is 0.718 bits per heavy atom. The average Bonchev–Trinajstić information content (AvgIpc) is 2.77.